The second-order valence-corrected chi connectivity index (χ2v) is 4.45. The first kappa shape index (κ1) is 13.0. The van der Waals surface area contributed by atoms with Gasteiger partial charge >= 0.3 is 10.5 Å². The molecule has 0 N–H and O–H groups in total. The lowest BCUT2D eigenvalue weighted by Crippen LogP contribution is -2.33. The zero-order valence-corrected chi connectivity index (χ0v) is 9.09. The molecule has 0 aromatic carbocycles. The van der Waals surface area contributed by atoms with Crippen molar-refractivity contribution in [2.45, 2.75) is 15.5 Å². The van der Waals surface area contributed by atoms with E-state index in [4.69, 9.17) is 17.1 Å². The van der Waals surface area contributed by atoms with E-state index in [-0.39, 0.29) is 16.8 Å². The third-order valence-corrected chi connectivity index (χ3v) is 2.80. The molecule has 0 spiro atoms. The summed E-state index contributed by atoms with van der Waals surface area (Å²) < 4.78 is 35.7. The van der Waals surface area contributed by atoms with Crippen LogP contribution in [0.25, 0.3) is 10.4 Å². The summed E-state index contributed by atoms with van der Waals surface area (Å²) in [7, 11) is 0. The van der Waals surface area contributed by atoms with E-state index in [1.165, 1.54) is 24.4 Å². The van der Waals surface area contributed by atoms with Crippen LogP contribution < -0.4 is 0 Å². The number of nitrogens with zero attached hydrogens (tertiary/aromatic N) is 4. The monoisotopic (exact) mass is 268 g/mol. The molecule has 0 saturated heterocycles. The molecule has 1 rings (SSSR count). The predicted octanol–water partition coefficient (Wildman–Crippen LogP) is 3.94. The fourth-order valence-corrected chi connectivity index (χ4v) is 1.68. The minimum absolute atomic E-state index is 0.0344. The van der Waals surface area contributed by atoms with Crippen molar-refractivity contribution in [3.05, 3.63) is 34.8 Å². The molecule has 1 atom stereocenters. The zero-order chi connectivity index (χ0) is 12.2. The third-order valence-electron chi connectivity index (χ3n) is 1.39. The normalized spacial score (nSPS) is 15.0. The first-order valence-electron chi connectivity index (χ1n) is 3.81. The summed E-state index contributed by atoms with van der Waals surface area (Å²) in [5, 5.41) is 1.97. The Morgan fingerprint density at radius 1 is 1.44 bits per heavy atom. The zero-order valence-electron chi connectivity index (χ0n) is 7.52. The van der Waals surface area contributed by atoms with Crippen LogP contribution in [0.2, 0.25) is 0 Å². The molecule has 9 heteroatoms. The topological polar surface area (TPSA) is 61.7 Å². The highest BCUT2D eigenvalue weighted by Gasteiger charge is 2.55. The average molecular weight is 269 g/mol. The minimum atomic E-state index is -4.37. The lowest BCUT2D eigenvalue weighted by atomic mass is 10.5. The standard InChI is InChI=1S/C7H4ClF3N4S/c8-6(9,7(10,11)14-15-12)16-5-3-1-2-4-13-5/h1-4H. The molecule has 0 radical (unpaired) electrons. The van der Waals surface area contributed by atoms with E-state index in [1.54, 1.807) is 0 Å². The second kappa shape index (κ2) is 4.82. The Morgan fingerprint density at radius 2 is 2.12 bits per heavy atom. The van der Waals surface area contributed by atoms with Crippen LogP contribution in [0.3, 0.4) is 0 Å². The Bertz CT molecular complexity index is 407. The number of thioether (sulfide) groups is 1. The Kier molecular flexibility index (Phi) is 3.90. The van der Waals surface area contributed by atoms with Crippen molar-refractivity contribution in [3.8, 4) is 0 Å². The molecule has 1 aromatic heterocycles. The van der Waals surface area contributed by atoms with Crippen molar-refractivity contribution in [1.82, 2.24) is 4.98 Å². The average Bonchev–Trinajstić information content (AvgIpc) is 2.18. The van der Waals surface area contributed by atoms with Gasteiger partial charge in [0.1, 0.15) is 5.03 Å². The quantitative estimate of drug-likeness (QED) is 0.207. The molecule has 1 aromatic rings. The Morgan fingerprint density at radius 3 is 2.62 bits per heavy atom. The molecule has 0 amide bonds. The lowest BCUT2D eigenvalue weighted by molar-refractivity contribution is -0.0481. The van der Waals surface area contributed by atoms with Crippen molar-refractivity contribution in [1.29, 1.82) is 0 Å². The van der Waals surface area contributed by atoms with Gasteiger partial charge in [0.05, 0.1) is 0 Å². The van der Waals surface area contributed by atoms with Crippen LogP contribution in [0.4, 0.5) is 13.2 Å². The second-order valence-electron chi connectivity index (χ2n) is 2.52. The van der Waals surface area contributed by atoms with Gasteiger partial charge in [-0.3, -0.25) is 0 Å². The van der Waals surface area contributed by atoms with E-state index >= 15 is 0 Å². The van der Waals surface area contributed by atoms with E-state index in [1.807, 2.05) is 10.0 Å². The number of aromatic nitrogens is 1. The van der Waals surface area contributed by atoms with Crippen LogP contribution in [0.15, 0.2) is 34.5 Å². The van der Waals surface area contributed by atoms with Gasteiger partial charge in [-0.2, -0.15) is 8.78 Å². The minimum Gasteiger partial charge on any atom is -0.250 e. The SMILES string of the molecule is [N-]=[N+]=NC(F)(F)C(F)(Cl)Sc1ccccn1. The van der Waals surface area contributed by atoms with Crippen LogP contribution in [0.5, 0.6) is 0 Å². The molecular weight excluding hydrogens is 265 g/mol. The molecule has 16 heavy (non-hydrogen) atoms. The summed E-state index contributed by atoms with van der Waals surface area (Å²) in [5.74, 6) is 0. The van der Waals surface area contributed by atoms with Gasteiger partial charge in [0.25, 0.3) is 0 Å². The highest BCUT2D eigenvalue weighted by Crippen LogP contribution is 2.48. The molecule has 1 heterocycles. The Labute approximate surface area is 97.4 Å². The molecule has 4 nitrogen and oxygen atoms in total. The maximum atomic E-state index is 13.4. The number of alkyl halides is 4. The molecule has 0 aliphatic heterocycles. The van der Waals surface area contributed by atoms with Gasteiger partial charge in [-0.25, -0.2) is 9.37 Å². The summed E-state index contributed by atoms with van der Waals surface area (Å²) in [6, 6.07) is -0.0587. The molecule has 0 fully saturated rings. The summed E-state index contributed by atoms with van der Waals surface area (Å²) >= 11 is 4.95. The summed E-state index contributed by atoms with van der Waals surface area (Å²) in [4.78, 5) is 5.44. The first-order valence-corrected chi connectivity index (χ1v) is 5.00. The van der Waals surface area contributed by atoms with Crippen molar-refractivity contribution in [2.24, 2.45) is 5.11 Å². The number of hydrogen-bond acceptors (Lipinski definition) is 3. The van der Waals surface area contributed by atoms with E-state index in [2.05, 4.69) is 4.98 Å². The Hall–Kier alpha value is -1.11. The maximum absolute atomic E-state index is 13.4. The largest absolute Gasteiger partial charge is 0.382 e. The lowest BCUT2D eigenvalue weighted by Gasteiger charge is -2.22. The molecule has 86 valence electrons. The van der Waals surface area contributed by atoms with Crippen LogP contribution in [-0.2, 0) is 0 Å². The van der Waals surface area contributed by atoms with Crippen LogP contribution in [0, 0.1) is 0 Å². The van der Waals surface area contributed by atoms with E-state index in [9.17, 15) is 13.2 Å². The van der Waals surface area contributed by atoms with Crippen molar-refractivity contribution >= 4 is 23.4 Å². The summed E-state index contributed by atoms with van der Waals surface area (Å²) in [5.41, 5.74) is 7.86. The molecule has 1 unspecified atom stereocenters. The highest BCUT2D eigenvalue weighted by atomic mass is 35.5. The smallest absolute Gasteiger partial charge is 0.250 e. The van der Waals surface area contributed by atoms with Crippen molar-refractivity contribution in [3.63, 3.8) is 0 Å². The van der Waals surface area contributed by atoms with Gasteiger partial charge in [0, 0.05) is 11.1 Å². The molecule has 0 bridgehead atoms. The van der Waals surface area contributed by atoms with Gasteiger partial charge < -0.3 is 0 Å². The van der Waals surface area contributed by atoms with Gasteiger partial charge in [0.15, 0.2) is 0 Å². The van der Waals surface area contributed by atoms with E-state index in [0.29, 0.717) is 0 Å². The molecule has 0 aliphatic carbocycles. The number of halogens is 4. The number of rotatable bonds is 4. The Balaban J connectivity index is 2.91. The van der Waals surface area contributed by atoms with E-state index in [0.717, 1.165) is 0 Å². The number of pyridine rings is 1. The molecule has 0 aliphatic rings. The highest BCUT2D eigenvalue weighted by molar-refractivity contribution is 8.01. The van der Waals surface area contributed by atoms with E-state index < -0.39 is 10.5 Å². The van der Waals surface area contributed by atoms with Crippen LogP contribution >= 0.6 is 23.4 Å². The predicted molar refractivity (Wildman–Crippen MR) is 53.9 cm³/mol. The van der Waals surface area contributed by atoms with Crippen molar-refractivity contribution in [2.75, 3.05) is 0 Å². The van der Waals surface area contributed by atoms with Crippen molar-refractivity contribution < 1.29 is 13.2 Å². The number of hydrogen-bond donors (Lipinski definition) is 0. The fourth-order valence-electron chi connectivity index (χ4n) is 0.715. The summed E-state index contributed by atoms with van der Waals surface area (Å²) in [6.45, 7) is 0. The van der Waals surface area contributed by atoms with Gasteiger partial charge in [0.2, 0.25) is 0 Å². The first-order chi connectivity index (χ1) is 7.39. The van der Waals surface area contributed by atoms with Gasteiger partial charge in [-0.15, -0.1) is 0 Å². The fraction of sp³-hybridized carbons (Fsp3) is 0.286. The number of azide groups is 1. The maximum Gasteiger partial charge on any atom is 0.382 e. The molecular formula is C7H4ClF3N4S. The summed E-state index contributed by atoms with van der Waals surface area (Å²) in [6.07, 6.45) is 1.29. The van der Waals surface area contributed by atoms with Crippen LogP contribution in [0.1, 0.15) is 0 Å². The van der Waals surface area contributed by atoms with Gasteiger partial charge in [-0.05, 0) is 34.5 Å². The van der Waals surface area contributed by atoms with Gasteiger partial charge in [-0.1, -0.05) is 17.7 Å². The van der Waals surface area contributed by atoms with Crippen LogP contribution in [-0.4, -0.2) is 15.5 Å². The third kappa shape index (κ3) is 2.94. The molecule has 0 saturated carbocycles.